The van der Waals surface area contributed by atoms with Gasteiger partial charge in [-0.15, -0.1) is 0 Å². The van der Waals surface area contributed by atoms with Crippen molar-refractivity contribution >= 4 is 58.9 Å². The van der Waals surface area contributed by atoms with Gasteiger partial charge in [-0.25, -0.2) is 19.3 Å². The predicted molar refractivity (Wildman–Crippen MR) is 184 cm³/mol. The van der Waals surface area contributed by atoms with Crippen LogP contribution < -0.4 is 27.0 Å². The molecular weight excluding hydrogens is 678 g/mol. The van der Waals surface area contributed by atoms with Crippen molar-refractivity contribution in [3.63, 3.8) is 0 Å². The number of rotatable bonds is 13. The largest absolute Gasteiger partial charge is 0.469 e. The van der Waals surface area contributed by atoms with Crippen molar-refractivity contribution < 1.29 is 47.8 Å². The predicted octanol–water partition coefficient (Wildman–Crippen LogP) is 1.50. The van der Waals surface area contributed by atoms with E-state index in [1.807, 2.05) is 0 Å². The summed E-state index contributed by atoms with van der Waals surface area (Å²) in [6.07, 6.45) is -0.702. The summed E-state index contributed by atoms with van der Waals surface area (Å²) >= 11 is 0. The van der Waals surface area contributed by atoms with Crippen LogP contribution in [0.25, 0.3) is 0 Å². The third-order valence-corrected chi connectivity index (χ3v) is 8.24. The summed E-state index contributed by atoms with van der Waals surface area (Å²) in [5.74, 6) is -7.47. The van der Waals surface area contributed by atoms with Gasteiger partial charge in [0.1, 0.15) is 12.1 Å². The normalized spacial score (nSPS) is 16.8. The fraction of sp³-hybridized carbons (Fsp3) is 0.257. The molecule has 3 atom stereocenters. The lowest BCUT2D eigenvalue weighted by Gasteiger charge is -2.44. The van der Waals surface area contributed by atoms with Gasteiger partial charge in [0, 0.05) is 16.9 Å². The van der Waals surface area contributed by atoms with Crippen LogP contribution in [-0.4, -0.2) is 78.3 Å². The van der Waals surface area contributed by atoms with Gasteiger partial charge in [-0.05, 0) is 43.7 Å². The molecule has 0 saturated carbocycles. The minimum atomic E-state index is -3.16. The minimum absolute atomic E-state index is 0.0197. The van der Waals surface area contributed by atoms with Gasteiger partial charge in [-0.2, -0.15) is 0 Å². The number of urea groups is 1. The molecule has 7 N–H and O–H groups in total. The molecule has 0 radical (unpaired) electrons. The lowest BCUT2D eigenvalue weighted by molar-refractivity contribution is -0.164. The number of guanidine groups is 1. The summed E-state index contributed by atoms with van der Waals surface area (Å²) in [6.45, 7) is 2.04. The van der Waals surface area contributed by atoms with Crippen LogP contribution >= 0.6 is 0 Å². The molecule has 1 aliphatic heterocycles. The SMILES string of the molecule is COC(=O)C[C@H](N)C(=O)N(c1ccccc1)[C@](C(C)=O)(C(=O)OC)N1C(=O)N[C@](C)(c2ccc(C(=O)OCc3ccccc3)cc2NC(=N)N)C1=O. The maximum absolute atomic E-state index is 14.7. The highest BCUT2D eigenvalue weighted by Crippen LogP contribution is 2.41. The van der Waals surface area contributed by atoms with E-state index in [1.165, 1.54) is 49.4 Å². The Morgan fingerprint density at radius 2 is 1.60 bits per heavy atom. The molecule has 0 spiro atoms. The summed E-state index contributed by atoms with van der Waals surface area (Å²) in [5, 5.41) is 12.9. The van der Waals surface area contributed by atoms with Gasteiger partial charge in [0.05, 0.1) is 32.2 Å². The summed E-state index contributed by atoms with van der Waals surface area (Å²) in [4.78, 5) is 96.7. The van der Waals surface area contributed by atoms with Crippen molar-refractivity contribution in [2.75, 3.05) is 24.4 Å². The number of carbonyl (C=O) groups is 7. The Kier molecular flexibility index (Phi) is 11.4. The lowest BCUT2D eigenvalue weighted by atomic mass is 9.88. The molecule has 3 aromatic carbocycles. The molecule has 4 amide bonds. The van der Waals surface area contributed by atoms with E-state index in [0.29, 0.717) is 4.90 Å². The number of esters is 3. The monoisotopic (exact) mass is 715 g/mol. The molecule has 17 heteroatoms. The van der Waals surface area contributed by atoms with E-state index in [2.05, 4.69) is 15.4 Å². The van der Waals surface area contributed by atoms with Crippen LogP contribution in [0.4, 0.5) is 16.2 Å². The molecule has 272 valence electrons. The number of carbonyl (C=O) groups excluding carboxylic acids is 7. The standard InChI is InChI=1S/C35H37N7O10/c1-20(43)35(31(48)51-4,41(23-13-9-6-10-14-23)28(45)25(36)18-27(44)50-3)42-30(47)34(2,40-33(42)49)24-16-15-22(17-26(24)39-32(37)38)29(46)52-19-21-11-7-5-8-12-21/h5-17,25H,18-19,36H2,1-4H3,(H,40,49)(H4,37,38,39)/t25-,34+,35-/m0/s1. The lowest BCUT2D eigenvalue weighted by Crippen LogP contribution is -2.74. The Hall–Kier alpha value is -6.62. The second kappa shape index (κ2) is 15.5. The second-order valence-electron chi connectivity index (χ2n) is 11.7. The van der Waals surface area contributed by atoms with Crippen LogP contribution in [0.3, 0.4) is 0 Å². The van der Waals surface area contributed by atoms with Gasteiger partial charge < -0.3 is 36.3 Å². The molecule has 1 aliphatic rings. The summed E-state index contributed by atoms with van der Waals surface area (Å²) in [6, 6.07) is 16.7. The van der Waals surface area contributed by atoms with Crippen molar-refractivity contribution in [1.29, 1.82) is 5.41 Å². The number of nitrogens with two attached hydrogens (primary N) is 2. The van der Waals surface area contributed by atoms with Crippen molar-refractivity contribution in [1.82, 2.24) is 10.2 Å². The molecule has 1 heterocycles. The Bertz CT molecular complexity index is 1920. The van der Waals surface area contributed by atoms with Gasteiger partial charge in [-0.3, -0.25) is 29.5 Å². The van der Waals surface area contributed by atoms with Crippen molar-refractivity contribution in [3.8, 4) is 0 Å². The number of ketones is 1. The van der Waals surface area contributed by atoms with Gasteiger partial charge in [0.15, 0.2) is 11.7 Å². The number of benzene rings is 3. The molecule has 3 aromatic rings. The first-order valence-corrected chi connectivity index (χ1v) is 15.6. The Balaban J connectivity index is 1.87. The van der Waals surface area contributed by atoms with E-state index in [1.54, 1.807) is 36.4 Å². The van der Waals surface area contributed by atoms with E-state index in [9.17, 15) is 33.6 Å². The summed E-state index contributed by atoms with van der Waals surface area (Å²) in [5.41, 5.74) is 6.82. The summed E-state index contributed by atoms with van der Waals surface area (Å²) in [7, 11) is 1.94. The third-order valence-electron chi connectivity index (χ3n) is 8.24. The third kappa shape index (κ3) is 7.15. The van der Waals surface area contributed by atoms with Gasteiger partial charge >= 0.3 is 23.9 Å². The van der Waals surface area contributed by atoms with E-state index < -0.39 is 71.2 Å². The van der Waals surface area contributed by atoms with Crippen molar-refractivity contribution in [3.05, 3.63) is 95.6 Å². The smallest absolute Gasteiger partial charge is 0.362 e. The first-order valence-electron chi connectivity index (χ1n) is 15.6. The van der Waals surface area contributed by atoms with Crippen LogP contribution in [0.15, 0.2) is 78.9 Å². The number of nitrogens with zero attached hydrogens (tertiary/aromatic N) is 2. The zero-order valence-corrected chi connectivity index (χ0v) is 28.6. The molecule has 1 saturated heterocycles. The Morgan fingerprint density at radius 1 is 0.981 bits per heavy atom. The highest BCUT2D eigenvalue weighted by atomic mass is 16.5. The number of amides is 4. The average Bonchev–Trinajstić information content (AvgIpc) is 3.36. The molecule has 52 heavy (non-hydrogen) atoms. The number of Topliss-reactive ketones (excluding diaryl/α,β-unsaturated/α-hetero) is 1. The second-order valence-corrected chi connectivity index (χ2v) is 11.7. The molecule has 4 rings (SSSR count). The zero-order chi connectivity index (χ0) is 38.4. The number of imide groups is 1. The highest BCUT2D eigenvalue weighted by Gasteiger charge is 2.67. The maximum Gasteiger partial charge on any atom is 0.362 e. The molecule has 0 bridgehead atoms. The summed E-state index contributed by atoms with van der Waals surface area (Å²) < 4.78 is 15.0. The highest BCUT2D eigenvalue weighted by molar-refractivity contribution is 6.24. The minimum Gasteiger partial charge on any atom is -0.469 e. The Labute approximate surface area is 297 Å². The van der Waals surface area contributed by atoms with Crippen LogP contribution in [0.2, 0.25) is 0 Å². The van der Waals surface area contributed by atoms with Gasteiger partial charge in [0.2, 0.25) is 5.91 Å². The van der Waals surface area contributed by atoms with Crippen LogP contribution in [-0.2, 0) is 50.3 Å². The number of anilines is 2. The van der Waals surface area contributed by atoms with Crippen molar-refractivity contribution in [2.24, 2.45) is 11.5 Å². The van der Waals surface area contributed by atoms with E-state index in [0.717, 1.165) is 26.7 Å². The molecule has 1 fully saturated rings. The number of para-hydroxylation sites is 1. The number of ether oxygens (including phenoxy) is 3. The first kappa shape index (κ1) is 38.2. The topological polar surface area (TPSA) is 254 Å². The number of hydrogen-bond donors (Lipinski definition) is 5. The number of methoxy groups -OCH3 is 2. The van der Waals surface area contributed by atoms with E-state index in [-0.39, 0.29) is 34.0 Å². The molecule has 17 nitrogen and oxygen atoms in total. The zero-order valence-electron chi connectivity index (χ0n) is 28.6. The van der Waals surface area contributed by atoms with Gasteiger partial charge in [0.25, 0.3) is 11.6 Å². The Morgan fingerprint density at radius 3 is 2.15 bits per heavy atom. The van der Waals surface area contributed by atoms with Crippen LogP contribution in [0, 0.1) is 5.41 Å². The van der Waals surface area contributed by atoms with Crippen molar-refractivity contribution in [2.45, 2.75) is 44.1 Å². The first-order chi connectivity index (χ1) is 24.6. The number of nitrogens with one attached hydrogen (secondary N) is 3. The molecule has 0 aromatic heterocycles. The number of hydrogen-bond acceptors (Lipinski definition) is 12. The van der Waals surface area contributed by atoms with Crippen LogP contribution in [0.1, 0.15) is 41.8 Å². The van der Waals surface area contributed by atoms with E-state index >= 15 is 0 Å². The van der Waals surface area contributed by atoms with E-state index in [4.69, 9.17) is 26.4 Å². The quantitative estimate of drug-likeness (QED) is 0.0421. The molecule has 0 aliphatic carbocycles. The fourth-order valence-corrected chi connectivity index (χ4v) is 5.73. The maximum atomic E-state index is 14.7. The fourth-order valence-electron chi connectivity index (χ4n) is 5.73. The molecule has 0 unspecified atom stereocenters. The van der Waals surface area contributed by atoms with Crippen LogP contribution in [0.5, 0.6) is 0 Å². The van der Waals surface area contributed by atoms with Gasteiger partial charge in [-0.1, -0.05) is 54.6 Å². The molecular formula is C35H37N7O10. The average molecular weight is 716 g/mol.